The maximum absolute atomic E-state index is 13.5. The minimum atomic E-state index is -1.16. The van der Waals surface area contributed by atoms with Crippen LogP contribution in [0.2, 0.25) is 0 Å². The van der Waals surface area contributed by atoms with E-state index in [1.807, 2.05) is 31.3 Å². The number of hydrogen-bond acceptors (Lipinski definition) is 3. The molecule has 0 fully saturated rings. The molecule has 132 valence electrons. The molecule has 0 bridgehead atoms. The van der Waals surface area contributed by atoms with Gasteiger partial charge < -0.3 is 15.5 Å². The lowest BCUT2D eigenvalue weighted by Crippen LogP contribution is -2.29. The SMILES string of the molecule is CCN(CC)c1ccc(NC(=O)C(=O)Nc2c(F)cccc2F)cc1. The lowest BCUT2D eigenvalue weighted by atomic mass is 10.2. The largest absolute Gasteiger partial charge is 0.372 e. The van der Waals surface area contributed by atoms with Crippen LogP contribution in [0.3, 0.4) is 0 Å². The predicted molar refractivity (Wildman–Crippen MR) is 93.6 cm³/mol. The van der Waals surface area contributed by atoms with Crippen LogP contribution in [0.25, 0.3) is 0 Å². The fourth-order valence-corrected chi connectivity index (χ4v) is 2.32. The van der Waals surface area contributed by atoms with Crippen molar-refractivity contribution in [1.29, 1.82) is 0 Å². The van der Waals surface area contributed by atoms with Gasteiger partial charge in [0.1, 0.15) is 17.3 Å². The number of hydrogen-bond donors (Lipinski definition) is 2. The third-order valence-corrected chi connectivity index (χ3v) is 3.66. The fraction of sp³-hybridized carbons (Fsp3) is 0.222. The third kappa shape index (κ3) is 4.53. The van der Waals surface area contributed by atoms with Crippen LogP contribution < -0.4 is 15.5 Å². The van der Waals surface area contributed by atoms with Crippen LogP contribution in [-0.2, 0) is 9.59 Å². The number of nitrogens with one attached hydrogen (secondary N) is 2. The Morgan fingerprint density at radius 3 is 1.92 bits per heavy atom. The molecular weight excluding hydrogens is 328 g/mol. The van der Waals surface area contributed by atoms with Crippen molar-refractivity contribution in [1.82, 2.24) is 0 Å². The van der Waals surface area contributed by atoms with Crippen LogP contribution in [0.1, 0.15) is 13.8 Å². The van der Waals surface area contributed by atoms with E-state index < -0.39 is 29.1 Å². The smallest absolute Gasteiger partial charge is 0.314 e. The molecule has 0 atom stereocenters. The second-order valence-corrected chi connectivity index (χ2v) is 5.22. The molecule has 0 saturated carbocycles. The van der Waals surface area contributed by atoms with Crippen LogP contribution in [-0.4, -0.2) is 24.9 Å². The number of nitrogens with zero attached hydrogens (tertiary/aromatic N) is 1. The number of anilines is 3. The Bertz CT molecular complexity index is 739. The molecule has 0 radical (unpaired) electrons. The molecule has 7 heteroatoms. The van der Waals surface area contributed by atoms with Crippen molar-refractivity contribution in [2.45, 2.75) is 13.8 Å². The number of halogens is 2. The summed E-state index contributed by atoms with van der Waals surface area (Å²) in [6.45, 7) is 5.76. The van der Waals surface area contributed by atoms with Crippen molar-refractivity contribution in [3.05, 3.63) is 54.1 Å². The normalized spacial score (nSPS) is 10.2. The number of carbonyl (C=O) groups excluding carboxylic acids is 2. The summed E-state index contributed by atoms with van der Waals surface area (Å²) in [7, 11) is 0. The third-order valence-electron chi connectivity index (χ3n) is 3.66. The molecule has 2 aromatic rings. The summed E-state index contributed by atoms with van der Waals surface area (Å²) < 4.78 is 27.0. The topological polar surface area (TPSA) is 61.4 Å². The van der Waals surface area contributed by atoms with E-state index in [1.165, 1.54) is 0 Å². The Kier molecular flexibility index (Phi) is 6.05. The summed E-state index contributed by atoms with van der Waals surface area (Å²) in [5, 5.41) is 4.33. The molecule has 0 heterocycles. The van der Waals surface area contributed by atoms with Gasteiger partial charge in [0.2, 0.25) is 0 Å². The van der Waals surface area contributed by atoms with Crippen LogP contribution in [0.4, 0.5) is 25.8 Å². The highest BCUT2D eigenvalue weighted by Gasteiger charge is 2.18. The lowest BCUT2D eigenvalue weighted by Gasteiger charge is -2.21. The molecule has 2 amide bonds. The Labute approximate surface area is 144 Å². The number of rotatable bonds is 5. The monoisotopic (exact) mass is 347 g/mol. The first-order valence-electron chi connectivity index (χ1n) is 7.87. The maximum atomic E-state index is 13.5. The molecule has 2 rings (SSSR count). The van der Waals surface area contributed by atoms with Gasteiger partial charge in [0.05, 0.1) is 0 Å². The van der Waals surface area contributed by atoms with Gasteiger partial charge in [0.15, 0.2) is 0 Å². The molecule has 0 aliphatic rings. The van der Waals surface area contributed by atoms with E-state index in [4.69, 9.17) is 0 Å². The highest BCUT2D eigenvalue weighted by molar-refractivity contribution is 6.43. The highest BCUT2D eigenvalue weighted by Crippen LogP contribution is 2.19. The second kappa shape index (κ2) is 8.23. The van der Waals surface area contributed by atoms with Crippen molar-refractivity contribution in [3.8, 4) is 0 Å². The summed E-state index contributed by atoms with van der Waals surface area (Å²) in [4.78, 5) is 25.8. The Morgan fingerprint density at radius 1 is 0.880 bits per heavy atom. The second-order valence-electron chi connectivity index (χ2n) is 5.22. The number of para-hydroxylation sites is 1. The van der Waals surface area contributed by atoms with E-state index in [2.05, 4.69) is 10.2 Å². The Balaban J connectivity index is 2.03. The van der Waals surface area contributed by atoms with E-state index in [0.29, 0.717) is 5.69 Å². The molecule has 0 aromatic heterocycles. The van der Waals surface area contributed by atoms with E-state index >= 15 is 0 Å². The van der Waals surface area contributed by atoms with Crippen molar-refractivity contribution in [3.63, 3.8) is 0 Å². The molecule has 5 nitrogen and oxygen atoms in total. The number of carbonyl (C=O) groups is 2. The van der Waals surface area contributed by atoms with Gasteiger partial charge in [-0.05, 0) is 50.2 Å². The average Bonchev–Trinajstić information content (AvgIpc) is 2.60. The summed E-state index contributed by atoms with van der Waals surface area (Å²) in [5.41, 5.74) is 0.741. The molecular formula is C18H19F2N3O2. The molecule has 2 N–H and O–H groups in total. The quantitative estimate of drug-likeness (QED) is 0.815. The van der Waals surface area contributed by atoms with Crippen molar-refractivity contribution in [2.75, 3.05) is 28.6 Å². The summed E-state index contributed by atoms with van der Waals surface area (Å²) >= 11 is 0. The first-order valence-corrected chi connectivity index (χ1v) is 7.87. The summed E-state index contributed by atoms with van der Waals surface area (Å²) in [6, 6.07) is 10.1. The van der Waals surface area contributed by atoms with Crippen molar-refractivity contribution < 1.29 is 18.4 Å². The minimum absolute atomic E-state index is 0.407. The summed E-state index contributed by atoms with van der Waals surface area (Å²) in [5.74, 6) is -4.08. The molecule has 0 unspecified atom stereocenters. The van der Waals surface area contributed by atoms with E-state index in [0.717, 1.165) is 37.0 Å². The van der Waals surface area contributed by atoms with Gasteiger partial charge in [0, 0.05) is 24.5 Å². The lowest BCUT2D eigenvalue weighted by molar-refractivity contribution is -0.133. The molecule has 2 aromatic carbocycles. The zero-order valence-corrected chi connectivity index (χ0v) is 14.0. The fourth-order valence-electron chi connectivity index (χ4n) is 2.32. The highest BCUT2D eigenvalue weighted by atomic mass is 19.1. The van der Waals surface area contributed by atoms with Crippen LogP contribution in [0.5, 0.6) is 0 Å². The zero-order chi connectivity index (χ0) is 18.4. The average molecular weight is 347 g/mol. The maximum Gasteiger partial charge on any atom is 0.314 e. The number of benzene rings is 2. The molecule has 0 aliphatic carbocycles. The summed E-state index contributed by atoms with van der Waals surface area (Å²) in [6.07, 6.45) is 0. The number of amides is 2. The first-order chi connectivity index (χ1) is 12.0. The zero-order valence-electron chi connectivity index (χ0n) is 14.0. The van der Waals surface area contributed by atoms with Crippen LogP contribution in [0.15, 0.2) is 42.5 Å². The predicted octanol–water partition coefficient (Wildman–Crippen LogP) is 3.39. The van der Waals surface area contributed by atoms with Crippen LogP contribution >= 0.6 is 0 Å². The van der Waals surface area contributed by atoms with Gasteiger partial charge in [0.25, 0.3) is 0 Å². The Hall–Kier alpha value is -2.96. The Morgan fingerprint density at radius 2 is 1.40 bits per heavy atom. The molecule has 25 heavy (non-hydrogen) atoms. The van der Waals surface area contributed by atoms with E-state index in [-0.39, 0.29) is 0 Å². The molecule has 0 saturated heterocycles. The molecule has 0 spiro atoms. The van der Waals surface area contributed by atoms with Gasteiger partial charge in [-0.15, -0.1) is 0 Å². The van der Waals surface area contributed by atoms with E-state index in [9.17, 15) is 18.4 Å². The van der Waals surface area contributed by atoms with Gasteiger partial charge in [-0.3, -0.25) is 9.59 Å². The van der Waals surface area contributed by atoms with E-state index in [1.54, 1.807) is 12.1 Å². The standard InChI is InChI=1S/C18H19F2N3O2/c1-3-23(4-2)13-10-8-12(9-11-13)21-17(24)18(25)22-16-14(19)6-5-7-15(16)20/h5-11H,3-4H2,1-2H3,(H,21,24)(H,22,25). The van der Waals surface area contributed by atoms with Gasteiger partial charge in [-0.1, -0.05) is 6.07 Å². The molecule has 0 aliphatic heterocycles. The van der Waals surface area contributed by atoms with Gasteiger partial charge in [-0.2, -0.15) is 0 Å². The van der Waals surface area contributed by atoms with Gasteiger partial charge in [-0.25, -0.2) is 8.78 Å². The van der Waals surface area contributed by atoms with Gasteiger partial charge >= 0.3 is 11.8 Å². The van der Waals surface area contributed by atoms with Crippen LogP contribution in [0, 0.1) is 11.6 Å². The van der Waals surface area contributed by atoms with Crippen molar-refractivity contribution >= 4 is 28.9 Å². The minimum Gasteiger partial charge on any atom is -0.372 e. The first kappa shape index (κ1) is 18.4. The van der Waals surface area contributed by atoms with Crippen molar-refractivity contribution in [2.24, 2.45) is 0 Å².